The highest BCUT2D eigenvalue weighted by atomic mass is 79.9. The minimum absolute atomic E-state index is 0.0451. The summed E-state index contributed by atoms with van der Waals surface area (Å²) in [5, 5.41) is 3.62. The van der Waals surface area contributed by atoms with E-state index in [1.54, 1.807) is 18.9 Å². The molecule has 0 saturated heterocycles. The maximum Gasteiger partial charge on any atom is 0.244 e. The topological polar surface area (TPSA) is 49.4 Å². The summed E-state index contributed by atoms with van der Waals surface area (Å²) in [6, 6.07) is -0.429. The van der Waals surface area contributed by atoms with E-state index in [9.17, 15) is 9.59 Å². The van der Waals surface area contributed by atoms with Crippen LogP contribution in [0.25, 0.3) is 0 Å². The molecule has 2 amide bonds. The monoisotopic (exact) mass is 292 g/mol. The Balaban J connectivity index is 3.89. The van der Waals surface area contributed by atoms with Crippen LogP contribution in [-0.4, -0.2) is 41.7 Å². The molecule has 4 nitrogen and oxygen atoms in total. The molecule has 0 aliphatic carbocycles. The van der Waals surface area contributed by atoms with Gasteiger partial charge in [-0.15, -0.1) is 0 Å². The molecule has 0 bridgehead atoms. The molecule has 0 aliphatic rings. The number of nitrogens with zero attached hydrogens (tertiary/aromatic N) is 1. The van der Waals surface area contributed by atoms with E-state index in [0.29, 0.717) is 13.0 Å². The van der Waals surface area contributed by atoms with E-state index < -0.39 is 6.04 Å². The Hall–Kier alpha value is -0.580. The van der Waals surface area contributed by atoms with E-state index in [0.717, 1.165) is 18.2 Å². The van der Waals surface area contributed by atoms with Crippen LogP contribution in [0.3, 0.4) is 0 Å². The maximum absolute atomic E-state index is 11.6. The number of carbonyl (C=O) groups is 2. The third kappa shape index (κ3) is 6.10. The van der Waals surface area contributed by atoms with Gasteiger partial charge in [-0.25, -0.2) is 0 Å². The second kappa shape index (κ2) is 8.56. The Morgan fingerprint density at radius 2 is 2.00 bits per heavy atom. The summed E-state index contributed by atoms with van der Waals surface area (Å²) in [5.41, 5.74) is 0. The first-order chi connectivity index (χ1) is 7.52. The van der Waals surface area contributed by atoms with Crippen molar-refractivity contribution in [2.45, 2.75) is 39.2 Å². The number of carbonyl (C=O) groups excluding carboxylic acids is 2. The second-order valence-electron chi connectivity index (χ2n) is 3.79. The van der Waals surface area contributed by atoms with Gasteiger partial charge in [0.25, 0.3) is 0 Å². The molecule has 1 atom stereocenters. The fourth-order valence-electron chi connectivity index (χ4n) is 1.24. The van der Waals surface area contributed by atoms with Gasteiger partial charge in [0.1, 0.15) is 6.04 Å². The van der Waals surface area contributed by atoms with Gasteiger partial charge in [-0.05, 0) is 26.7 Å². The predicted octanol–water partition coefficient (Wildman–Crippen LogP) is 1.53. The molecule has 0 fully saturated rings. The minimum Gasteiger partial charge on any atom is -0.345 e. The predicted molar refractivity (Wildman–Crippen MR) is 68.6 cm³/mol. The number of alkyl halides is 1. The van der Waals surface area contributed by atoms with Crippen LogP contribution in [0.4, 0.5) is 0 Å². The summed E-state index contributed by atoms with van der Waals surface area (Å²) < 4.78 is 0. The van der Waals surface area contributed by atoms with Crippen molar-refractivity contribution < 1.29 is 9.59 Å². The number of nitrogens with one attached hydrogen (secondary N) is 1. The van der Waals surface area contributed by atoms with Gasteiger partial charge >= 0.3 is 0 Å². The lowest BCUT2D eigenvalue weighted by Crippen LogP contribution is -2.45. The van der Waals surface area contributed by atoms with E-state index in [1.807, 2.05) is 6.92 Å². The molecule has 0 heterocycles. The van der Waals surface area contributed by atoms with Gasteiger partial charge in [-0.1, -0.05) is 15.9 Å². The van der Waals surface area contributed by atoms with Gasteiger partial charge < -0.3 is 10.2 Å². The Morgan fingerprint density at radius 1 is 1.38 bits per heavy atom. The lowest BCUT2D eigenvalue weighted by atomic mass is 10.2. The summed E-state index contributed by atoms with van der Waals surface area (Å²) in [6.45, 7) is 4.28. The van der Waals surface area contributed by atoms with Crippen LogP contribution in [0.1, 0.15) is 33.1 Å². The van der Waals surface area contributed by atoms with Crippen molar-refractivity contribution >= 4 is 27.7 Å². The highest BCUT2D eigenvalue weighted by molar-refractivity contribution is 9.09. The number of amides is 2. The summed E-state index contributed by atoms with van der Waals surface area (Å²) >= 11 is 3.31. The van der Waals surface area contributed by atoms with E-state index in [2.05, 4.69) is 21.2 Å². The molecule has 0 aromatic carbocycles. The zero-order valence-electron chi connectivity index (χ0n) is 10.3. The van der Waals surface area contributed by atoms with Crippen molar-refractivity contribution in [3.8, 4) is 0 Å². The van der Waals surface area contributed by atoms with Crippen molar-refractivity contribution in [2.24, 2.45) is 0 Å². The van der Waals surface area contributed by atoms with Gasteiger partial charge in [0.2, 0.25) is 11.8 Å². The molecule has 5 heteroatoms. The molecule has 0 aromatic rings. The molecule has 0 aromatic heterocycles. The van der Waals surface area contributed by atoms with Crippen LogP contribution < -0.4 is 5.32 Å². The third-order valence-corrected chi connectivity index (χ3v) is 2.95. The van der Waals surface area contributed by atoms with Gasteiger partial charge in [0, 0.05) is 25.3 Å². The molecule has 0 saturated carbocycles. The molecule has 1 unspecified atom stereocenters. The highest BCUT2D eigenvalue weighted by Crippen LogP contribution is 1.99. The SMILES string of the molecule is CCN(C)C(=O)C(C)NC(=O)CCCCBr. The molecule has 0 rings (SSSR count). The zero-order chi connectivity index (χ0) is 12.6. The van der Waals surface area contributed by atoms with E-state index >= 15 is 0 Å². The lowest BCUT2D eigenvalue weighted by molar-refractivity contribution is -0.134. The van der Waals surface area contributed by atoms with Crippen molar-refractivity contribution in [1.29, 1.82) is 0 Å². The smallest absolute Gasteiger partial charge is 0.244 e. The number of hydrogen-bond donors (Lipinski definition) is 1. The first kappa shape index (κ1) is 15.4. The number of halogens is 1. The normalized spacial score (nSPS) is 12.0. The van der Waals surface area contributed by atoms with Crippen LogP contribution >= 0.6 is 15.9 Å². The van der Waals surface area contributed by atoms with Crippen LogP contribution in [0.2, 0.25) is 0 Å². The fourth-order valence-corrected chi connectivity index (χ4v) is 1.64. The fraction of sp³-hybridized carbons (Fsp3) is 0.818. The third-order valence-electron chi connectivity index (χ3n) is 2.39. The molecule has 1 N–H and O–H groups in total. The first-order valence-electron chi connectivity index (χ1n) is 5.63. The van der Waals surface area contributed by atoms with E-state index in [-0.39, 0.29) is 11.8 Å². The second-order valence-corrected chi connectivity index (χ2v) is 4.58. The first-order valence-corrected chi connectivity index (χ1v) is 6.75. The number of unbranched alkanes of at least 4 members (excludes halogenated alkanes) is 1. The number of likely N-dealkylation sites (N-methyl/N-ethyl adjacent to an activating group) is 1. The Bertz CT molecular complexity index is 234. The van der Waals surface area contributed by atoms with Crippen LogP contribution in [-0.2, 0) is 9.59 Å². The molecule has 16 heavy (non-hydrogen) atoms. The van der Waals surface area contributed by atoms with Crippen LogP contribution in [0, 0.1) is 0 Å². The highest BCUT2D eigenvalue weighted by Gasteiger charge is 2.17. The Labute approximate surface area is 106 Å². The molecular formula is C11H21BrN2O2. The van der Waals surface area contributed by atoms with Gasteiger partial charge in [-0.2, -0.15) is 0 Å². The zero-order valence-corrected chi connectivity index (χ0v) is 11.8. The largest absolute Gasteiger partial charge is 0.345 e. The summed E-state index contributed by atoms with van der Waals surface area (Å²) in [7, 11) is 1.73. The Kier molecular flexibility index (Phi) is 8.25. The summed E-state index contributed by atoms with van der Waals surface area (Å²) in [6.07, 6.45) is 2.31. The number of hydrogen-bond acceptors (Lipinski definition) is 2. The van der Waals surface area contributed by atoms with Gasteiger partial charge in [0.05, 0.1) is 0 Å². The van der Waals surface area contributed by atoms with Crippen molar-refractivity contribution in [3.63, 3.8) is 0 Å². The van der Waals surface area contributed by atoms with Gasteiger partial charge in [0.15, 0.2) is 0 Å². The minimum atomic E-state index is -0.429. The van der Waals surface area contributed by atoms with E-state index in [1.165, 1.54) is 0 Å². The Morgan fingerprint density at radius 3 is 2.50 bits per heavy atom. The average Bonchev–Trinajstić information content (AvgIpc) is 2.27. The van der Waals surface area contributed by atoms with Crippen molar-refractivity contribution in [3.05, 3.63) is 0 Å². The van der Waals surface area contributed by atoms with E-state index in [4.69, 9.17) is 0 Å². The maximum atomic E-state index is 11.6. The molecular weight excluding hydrogens is 272 g/mol. The van der Waals surface area contributed by atoms with Crippen molar-refractivity contribution in [1.82, 2.24) is 10.2 Å². The average molecular weight is 293 g/mol. The standard InChI is InChI=1S/C11H21BrN2O2/c1-4-14(3)11(16)9(2)13-10(15)7-5-6-8-12/h9H,4-8H2,1-3H3,(H,13,15). The van der Waals surface area contributed by atoms with Crippen LogP contribution in [0.5, 0.6) is 0 Å². The van der Waals surface area contributed by atoms with Gasteiger partial charge in [-0.3, -0.25) is 9.59 Å². The lowest BCUT2D eigenvalue weighted by Gasteiger charge is -2.20. The quantitative estimate of drug-likeness (QED) is 0.572. The molecule has 0 radical (unpaired) electrons. The molecule has 94 valence electrons. The summed E-state index contributed by atoms with van der Waals surface area (Å²) in [4.78, 5) is 24.7. The van der Waals surface area contributed by atoms with Crippen molar-refractivity contribution in [2.75, 3.05) is 18.9 Å². The van der Waals surface area contributed by atoms with Crippen LogP contribution in [0.15, 0.2) is 0 Å². The summed E-state index contributed by atoms with van der Waals surface area (Å²) in [5.74, 6) is -0.0948. The number of rotatable bonds is 7. The molecule has 0 aliphatic heterocycles. The molecule has 0 spiro atoms.